The third-order valence-corrected chi connectivity index (χ3v) is 4.57. The first-order valence-electron chi connectivity index (χ1n) is 8.23. The molecule has 0 spiro atoms. The summed E-state index contributed by atoms with van der Waals surface area (Å²) in [6.07, 6.45) is 9.80. The molecular formula is C19H22ClN2O+. The number of nitrogens with one attached hydrogen (secondary N) is 1. The van der Waals surface area contributed by atoms with Crippen LogP contribution in [0.15, 0.2) is 42.7 Å². The predicted octanol–water partition coefficient (Wildman–Crippen LogP) is 2.87. The molecule has 1 amide bonds. The van der Waals surface area contributed by atoms with E-state index < -0.39 is 0 Å². The molecule has 1 aliphatic carbocycles. The molecule has 0 bridgehead atoms. The molecule has 0 aliphatic heterocycles. The van der Waals surface area contributed by atoms with Crippen LogP contribution in [0.5, 0.6) is 0 Å². The van der Waals surface area contributed by atoms with Crippen LogP contribution in [-0.4, -0.2) is 12.5 Å². The second-order valence-corrected chi connectivity index (χ2v) is 6.54. The van der Waals surface area contributed by atoms with Gasteiger partial charge in [0.25, 0.3) is 5.91 Å². The highest BCUT2D eigenvalue weighted by atomic mass is 35.5. The molecule has 23 heavy (non-hydrogen) atoms. The van der Waals surface area contributed by atoms with E-state index in [4.69, 9.17) is 11.6 Å². The molecule has 1 aromatic heterocycles. The van der Waals surface area contributed by atoms with Gasteiger partial charge in [-0.3, -0.25) is 4.79 Å². The van der Waals surface area contributed by atoms with Gasteiger partial charge < -0.3 is 5.32 Å². The van der Waals surface area contributed by atoms with Crippen molar-refractivity contribution in [2.75, 3.05) is 6.54 Å². The Kier molecular flexibility index (Phi) is 5.29. The number of hydrogen-bond donors (Lipinski definition) is 1. The maximum atomic E-state index is 12.1. The number of amides is 1. The number of hydrogen-bond acceptors (Lipinski definition) is 1. The summed E-state index contributed by atoms with van der Waals surface area (Å²) in [6, 6.07) is 9.90. The molecule has 120 valence electrons. The third kappa shape index (κ3) is 4.55. The van der Waals surface area contributed by atoms with Crippen LogP contribution in [0.2, 0.25) is 5.02 Å². The molecule has 1 aromatic carbocycles. The van der Waals surface area contributed by atoms with Gasteiger partial charge in [0, 0.05) is 23.2 Å². The molecule has 0 saturated heterocycles. The Balaban J connectivity index is 1.48. The van der Waals surface area contributed by atoms with Gasteiger partial charge in [-0.25, -0.2) is 0 Å². The van der Waals surface area contributed by atoms with Crippen molar-refractivity contribution in [2.24, 2.45) is 0 Å². The maximum Gasteiger partial charge on any atom is 0.285 e. The van der Waals surface area contributed by atoms with E-state index in [-0.39, 0.29) is 5.91 Å². The zero-order valence-electron chi connectivity index (χ0n) is 13.2. The first kappa shape index (κ1) is 16.0. The van der Waals surface area contributed by atoms with E-state index in [0.29, 0.717) is 13.1 Å². The van der Waals surface area contributed by atoms with Crippen LogP contribution in [0.3, 0.4) is 0 Å². The van der Waals surface area contributed by atoms with Crippen molar-refractivity contribution < 1.29 is 9.36 Å². The molecule has 3 rings (SSSR count). The van der Waals surface area contributed by atoms with Crippen LogP contribution < -0.4 is 9.88 Å². The van der Waals surface area contributed by atoms with Crippen LogP contribution in [0.25, 0.3) is 0 Å². The minimum Gasteiger partial charge on any atom is -0.350 e. The first-order valence-corrected chi connectivity index (χ1v) is 8.60. The van der Waals surface area contributed by atoms with E-state index in [0.717, 1.165) is 17.9 Å². The Morgan fingerprint density at radius 3 is 2.61 bits per heavy atom. The van der Waals surface area contributed by atoms with Crippen LogP contribution in [-0.2, 0) is 30.6 Å². The van der Waals surface area contributed by atoms with Crippen LogP contribution in [0.1, 0.15) is 29.5 Å². The minimum atomic E-state index is 0.0553. The van der Waals surface area contributed by atoms with Crippen molar-refractivity contribution in [1.29, 1.82) is 0 Å². The van der Waals surface area contributed by atoms with Crippen LogP contribution >= 0.6 is 11.6 Å². The number of benzene rings is 1. The molecule has 0 radical (unpaired) electrons. The zero-order valence-corrected chi connectivity index (χ0v) is 14.0. The maximum absolute atomic E-state index is 12.1. The number of fused-ring (bicyclic) bond motifs is 1. The fourth-order valence-electron chi connectivity index (χ4n) is 3.04. The second-order valence-electron chi connectivity index (χ2n) is 6.10. The fourth-order valence-corrected chi connectivity index (χ4v) is 3.16. The molecular weight excluding hydrogens is 308 g/mol. The lowest BCUT2D eigenvalue weighted by molar-refractivity contribution is -0.685. The molecule has 1 aliphatic rings. The summed E-state index contributed by atoms with van der Waals surface area (Å²) in [7, 11) is 0. The molecule has 0 unspecified atom stereocenters. The molecule has 0 saturated carbocycles. The van der Waals surface area contributed by atoms with Gasteiger partial charge in [-0.2, -0.15) is 4.57 Å². The lowest BCUT2D eigenvalue weighted by Crippen LogP contribution is -2.43. The number of pyridine rings is 1. The Bertz CT molecular complexity index is 682. The number of rotatable bonds is 5. The number of aryl methyl sites for hydroxylation is 2. The van der Waals surface area contributed by atoms with Crippen molar-refractivity contribution >= 4 is 17.5 Å². The van der Waals surface area contributed by atoms with E-state index in [2.05, 4.69) is 17.6 Å². The molecule has 0 fully saturated rings. The van der Waals surface area contributed by atoms with E-state index in [9.17, 15) is 4.79 Å². The topological polar surface area (TPSA) is 33.0 Å². The Morgan fingerprint density at radius 1 is 1.09 bits per heavy atom. The highest BCUT2D eigenvalue weighted by Crippen LogP contribution is 2.18. The van der Waals surface area contributed by atoms with Gasteiger partial charge in [0.15, 0.2) is 12.4 Å². The van der Waals surface area contributed by atoms with Gasteiger partial charge >= 0.3 is 0 Å². The van der Waals surface area contributed by atoms with Gasteiger partial charge in [-0.1, -0.05) is 23.7 Å². The zero-order chi connectivity index (χ0) is 16.1. The van der Waals surface area contributed by atoms with E-state index >= 15 is 0 Å². The van der Waals surface area contributed by atoms with Gasteiger partial charge in [-0.05, 0) is 55.4 Å². The highest BCUT2D eigenvalue weighted by Gasteiger charge is 2.15. The van der Waals surface area contributed by atoms with Gasteiger partial charge in [0.1, 0.15) is 0 Å². The number of aromatic nitrogens is 1. The Morgan fingerprint density at radius 2 is 1.83 bits per heavy atom. The fraction of sp³-hybridized carbons (Fsp3) is 0.368. The lowest BCUT2D eigenvalue weighted by atomic mass is 9.93. The second kappa shape index (κ2) is 7.60. The SMILES string of the molecule is O=C(C[n+]1ccc2c(c1)CCCC2)NCCc1ccc(Cl)cc1. The van der Waals surface area contributed by atoms with Crippen molar-refractivity contribution in [3.63, 3.8) is 0 Å². The monoisotopic (exact) mass is 329 g/mol. The highest BCUT2D eigenvalue weighted by molar-refractivity contribution is 6.30. The number of nitrogens with zero attached hydrogens (tertiary/aromatic N) is 1. The normalized spacial score (nSPS) is 13.4. The van der Waals surface area contributed by atoms with Gasteiger partial charge in [-0.15, -0.1) is 0 Å². The average Bonchev–Trinajstić information content (AvgIpc) is 2.56. The van der Waals surface area contributed by atoms with Crippen molar-refractivity contribution in [3.8, 4) is 0 Å². The standard InChI is InChI=1S/C19H21ClN2O/c20-18-7-5-15(6-8-18)9-11-21-19(23)14-22-12-10-16-3-1-2-4-17(16)13-22/h5-8,10,12-13H,1-4,9,11,14H2/p+1. The Hall–Kier alpha value is -1.87. The summed E-state index contributed by atoms with van der Waals surface area (Å²) in [5, 5.41) is 3.72. The predicted molar refractivity (Wildman–Crippen MR) is 91.4 cm³/mol. The van der Waals surface area contributed by atoms with E-state index in [1.807, 2.05) is 35.0 Å². The van der Waals surface area contributed by atoms with E-state index in [1.165, 1.54) is 36.0 Å². The van der Waals surface area contributed by atoms with Crippen LogP contribution in [0, 0.1) is 0 Å². The first-order chi connectivity index (χ1) is 11.2. The summed E-state index contributed by atoms with van der Waals surface area (Å²) in [4.78, 5) is 12.1. The average molecular weight is 330 g/mol. The summed E-state index contributed by atoms with van der Waals surface area (Å²) in [5.74, 6) is 0.0553. The Labute approximate surface area is 142 Å². The van der Waals surface area contributed by atoms with Crippen LogP contribution in [0.4, 0.5) is 0 Å². The number of carbonyl (C=O) groups is 1. The van der Waals surface area contributed by atoms with Crippen molar-refractivity contribution in [1.82, 2.24) is 5.32 Å². The quantitative estimate of drug-likeness (QED) is 0.841. The summed E-state index contributed by atoms with van der Waals surface area (Å²) < 4.78 is 1.99. The minimum absolute atomic E-state index is 0.0553. The van der Waals surface area contributed by atoms with Crippen molar-refractivity contribution in [3.05, 3.63) is 64.4 Å². The lowest BCUT2D eigenvalue weighted by Gasteiger charge is -2.13. The smallest absolute Gasteiger partial charge is 0.285 e. The molecule has 0 atom stereocenters. The molecule has 1 heterocycles. The number of halogens is 1. The summed E-state index contributed by atoms with van der Waals surface area (Å²) in [5.41, 5.74) is 4.01. The van der Waals surface area contributed by atoms with Gasteiger partial charge in [0.2, 0.25) is 6.54 Å². The molecule has 3 nitrogen and oxygen atoms in total. The molecule has 4 heteroatoms. The number of carbonyl (C=O) groups excluding carboxylic acids is 1. The summed E-state index contributed by atoms with van der Waals surface area (Å²) in [6.45, 7) is 1.03. The third-order valence-electron chi connectivity index (χ3n) is 4.32. The van der Waals surface area contributed by atoms with E-state index in [1.54, 1.807) is 0 Å². The largest absolute Gasteiger partial charge is 0.350 e. The van der Waals surface area contributed by atoms with Crippen molar-refractivity contribution in [2.45, 2.75) is 38.6 Å². The molecule has 2 aromatic rings. The van der Waals surface area contributed by atoms with Gasteiger partial charge in [0.05, 0.1) is 0 Å². The molecule has 1 N–H and O–H groups in total. The summed E-state index contributed by atoms with van der Waals surface area (Å²) >= 11 is 5.86.